The molecule has 3 N–H and O–H groups in total. The average Bonchev–Trinajstić information content (AvgIpc) is 3.16. The predicted molar refractivity (Wildman–Crippen MR) is 211 cm³/mol. The Bertz CT molecular complexity index is 1460. The van der Waals surface area contributed by atoms with E-state index in [0.29, 0.717) is 63.4 Å². The largest absolute Gasteiger partial charge is 0.456 e. The van der Waals surface area contributed by atoms with Crippen LogP contribution in [0.3, 0.4) is 0 Å². The molecule has 1 amide bonds. The average molecular weight is 790 g/mol. The van der Waals surface area contributed by atoms with Crippen LogP contribution >= 0.6 is 0 Å². The number of ketones is 2. The molecule has 0 aromatic heterocycles. The van der Waals surface area contributed by atoms with Crippen LogP contribution < -0.4 is 0 Å². The van der Waals surface area contributed by atoms with Crippen LogP contribution in [0.25, 0.3) is 0 Å². The first-order valence-electron chi connectivity index (χ1n) is 21.1. The van der Waals surface area contributed by atoms with Gasteiger partial charge in [-0.1, -0.05) is 59.3 Å². The number of hydrogen-bond acceptors (Lipinski definition) is 11. The number of cyclic esters (lactones) is 1. The highest BCUT2D eigenvalue weighted by Gasteiger charge is 2.55. The normalized spacial score (nSPS) is 42.9. The fourth-order valence-corrected chi connectivity index (χ4v) is 9.89. The quantitative estimate of drug-likeness (QED) is 0.183. The zero-order valence-corrected chi connectivity index (χ0v) is 35.6. The van der Waals surface area contributed by atoms with Crippen LogP contribution in [0.4, 0.5) is 0 Å². The Morgan fingerprint density at radius 1 is 0.982 bits per heavy atom. The summed E-state index contributed by atoms with van der Waals surface area (Å²) in [6.45, 7) is 15.5. The van der Waals surface area contributed by atoms with Crippen molar-refractivity contribution in [3.8, 4) is 0 Å². The van der Waals surface area contributed by atoms with Crippen molar-refractivity contribution in [2.24, 2.45) is 35.0 Å². The maximum Gasteiger partial charge on any atom is 0.329 e. The molecule has 0 aromatic carbocycles. The van der Waals surface area contributed by atoms with Gasteiger partial charge in [0.1, 0.15) is 17.9 Å². The minimum atomic E-state index is -2.42. The van der Waals surface area contributed by atoms with Crippen molar-refractivity contribution in [1.29, 1.82) is 0 Å². The molecule has 12 nitrogen and oxygen atoms in total. The Morgan fingerprint density at radius 2 is 1.66 bits per heavy atom. The summed E-state index contributed by atoms with van der Waals surface area (Å²) in [5.74, 6) is -7.22. The Hall–Kier alpha value is -2.48. The number of nitrogens with zero attached hydrogens (tertiary/aromatic N) is 1. The molecule has 2 saturated heterocycles. The summed E-state index contributed by atoms with van der Waals surface area (Å²) >= 11 is 0. The third kappa shape index (κ3) is 10.6. The molecular weight excluding hydrogens is 718 g/mol. The van der Waals surface area contributed by atoms with Crippen molar-refractivity contribution < 1.29 is 53.4 Å². The number of esters is 1. The molecule has 3 aliphatic heterocycles. The number of carbonyl (C=O) groups excluding carboxylic acids is 4. The van der Waals surface area contributed by atoms with Gasteiger partial charge in [0.2, 0.25) is 5.79 Å². The molecule has 0 aromatic rings. The van der Waals surface area contributed by atoms with Gasteiger partial charge in [-0.05, 0) is 101 Å². The standard InChI is InChI=1S/C44H71NO11/c1-11-31-19-25(2)18-26(3)20-36(53-9)39-27(4)21-29(6)44(52,56-39)40(49)41(50)45-17-13-12-14-32(45)42(51)55-38(30(7)34(47)22-35(31)48)28(5)23-43(8)16-15-33(46)37(24-43)54-10/h19,23,26-27,29-34,36-39,46-47,52H,11-18,20-22,24H2,1-10H3/b25-19+,28-23+/t26-,27-,29+,30+,31+,32?,33+,34-,36-,37+,38+,39-,43+,44+/m0/s1. The monoisotopic (exact) mass is 790 g/mol. The number of carbonyl (C=O) groups is 4. The smallest absolute Gasteiger partial charge is 0.329 e. The van der Waals surface area contributed by atoms with Crippen LogP contribution in [0, 0.1) is 35.0 Å². The predicted octanol–water partition coefficient (Wildman–Crippen LogP) is 5.48. The van der Waals surface area contributed by atoms with E-state index in [1.165, 1.54) is 4.90 Å². The van der Waals surface area contributed by atoms with Crippen molar-refractivity contribution in [2.45, 2.75) is 174 Å². The van der Waals surface area contributed by atoms with Crippen molar-refractivity contribution in [1.82, 2.24) is 4.90 Å². The second-order valence-electron chi connectivity index (χ2n) is 18.2. The molecule has 56 heavy (non-hydrogen) atoms. The van der Waals surface area contributed by atoms with Gasteiger partial charge in [-0.25, -0.2) is 4.79 Å². The zero-order chi connectivity index (χ0) is 41.7. The number of aliphatic hydroxyl groups excluding tert-OH is 2. The van der Waals surface area contributed by atoms with E-state index in [-0.39, 0.29) is 43.1 Å². The number of allylic oxidation sites excluding steroid dienone is 3. The number of hydrogen-bond donors (Lipinski definition) is 3. The van der Waals surface area contributed by atoms with E-state index in [2.05, 4.69) is 13.8 Å². The molecule has 4 aliphatic rings. The van der Waals surface area contributed by atoms with Gasteiger partial charge in [0.15, 0.2) is 0 Å². The summed E-state index contributed by atoms with van der Waals surface area (Å²) in [6.07, 6.45) is 4.88. The zero-order valence-electron chi connectivity index (χ0n) is 35.6. The first-order valence-corrected chi connectivity index (χ1v) is 21.1. The Labute approximate surface area is 334 Å². The van der Waals surface area contributed by atoms with E-state index in [9.17, 15) is 34.5 Å². The Balaban J connectivity index is 1.78. The maximum absolute atomic E-state index is 14.3. The van der Waals surface area contributed by atoms with Crippen molar-refractivity contribution in [3.63, 3.8) is 0 Å². The molecule has 2 bridgehead atoms. The summed E-state index contributed by atoms with van der Waals surface area (Å²) in [5.41, 5.74) is 1.26. The van der Waals surface area contributed by atoms with Gasteiger partial charge in [0.25, 0.3) is 11.7 Å². The van der Waals surface area contributed by atoms with Gasteiger partial charge in [0.05, 0.1) is 30.5 Å². The molecular formula is C44H71NO11. The van der Waals surface area contributed by atoms with Gasteiger partial charge in [-0.2, -0.15) is 0 Å². The number of aliphatic hydroxyl groups is 3. The lowest BCUT2D eigenvalue weighted by molar-refractivity contribution is -0.290. The Kier molecular flexibility index (Phi) is 16.1. The molecule has 3 heterocycles. The lowest BCUT2D eigenvalue weighted by atomic mass is 9.71. The van der Waals surface area contributed by atoms with E-state index >= 15 is 0 Å². The summed E-state index contributed by atoms with van der Waals surface area (Å²) < 4.78 is 24.1. The number of fused-ring (bicyclic) bond motifs is 3. The molecule has 1 aliphatic carbocycles. The minimum Gasteiger partial charge on any atom is -0.456 e. The second kappa shape index (κ2) is 19.5. The third-order valence-corrected chi connectivity index (χ3v) is 13.3. The fourth-order valence-electron chi connectivity index (χ4n) is 9.89. The van der Waals surface area contributed by atoms with E-state index in [4.69, 9.17) is 18.9 Å². The molecule has 4 rings (SSSR count). The molecule has 1 saturated carbocycles. The van der Waals surface area contributed by atoms with Crippen LogP contribution in [0.1, 0.15) is 126 Å². The number of amides is 1. The van der Waals surface area contributed by atoms with Crippen LogP contribution in [0.5, 0.6) is 0 Å². The van der Waals surface area contributed by atoms with Crippen LogP contribution in [-0.2, 0) is 38.1 Å². The maximum atomic E-state index is 14.3. The number of rotatable bonds is 5. The summed E-state index contributed by atoms with van der Waals surface area (Å²) in [7, 11) is 3.14. The fraction of sp³-hybridized carbons (Fsp3) is 0.818. The molecule has 318 valence electrons. The first-order chi connectivity index (χ1) is 26.3. The van der Waals surface area contributed by atoms with Gasteiger partial charge in [-0.15, -0.1) is 0 Å². The number of methoxy groups -OCH3 is 2. The second-order valence-corrected chi connectivity index (χ2v) is 18.2. The lowest BCUT2D eigenvalue weighted by Crippen LogP contribution is -2.63. The first kappa shape index (κ1) is 46.2. The molecule has 3 fully saturated rings. The van der Waals surface area contributed by atoms with Gasteiger partial charge in [0, 0.05) is 44.9 Å². The highest BCUT2D eigenvalue weighted by molar-refractivity contribution is 6.39. The van der Waals surface area contributed by atoms with Crippen molar-refractivity contribution >= 4 is 23.4 Å². The van der Waals surface area contributed by atoms with Crippen LogP contribution in [0.15, 0.2) is 23.3 Å². The molecule has 0 spiro atoms. The van der Waals surface area contributed by atoms with E-state index in [1.54, 1.807) is 28.1 Å². The summed E-state index contributed by atoms with van der Waals surface area (Å²) in [6, 6.07) is -1.11. The lowest BCUT2D eigenvalue weighted by Gasteiger charge is -2.46. The third-order valence-electron chi connectivity index (χ3n) is 13.3. The molecule has 14 atom stereocenters. The van der Waals surface area contributed by atoms with Crippen molar-refractivity contribution in [2.75, 3.05) is 20.8 Å². The highest BCUT2D eigenvalue weighted by Crippen LogP contribution is 2.42. The Morgan fingerprint density at radius 3 is 2.30 bits per heavy atom. The van der Waals surface area contributed by atoms with E-state index in [0.717, 1.165) is 5.57 Å². The van der Waals surface area contributed by atoms with E-state index < -0.39 is 83.2 Å². The van der Waals surface area contributed by atoms with Crippen LogP contribution in [0.2, 0.25) is 0 Å². The summed E-state index contributed by atoms with van der Waals surface area (Å²) in [5, 5.41) is 34.2. The SMILES string of the molecule is CC[C@@H]1/C=C(\C)C[C@H](C)C[C@H](OC)[C@H]2O[C@@](O)(C(=O)C(=O)N3CCCCC3C(=O)O[C@H](/C(C)=C/[C@@]3(C)CC[C@@H](O)[C@H](OC)C3)[C@H](C)[C@@H](O)CC1=O)[C@H](C)C[C@@H]2C. The van der Waals surface area contributed by atoms with Gasteiger partial charge in [-0.3, -0.25) is 14.4 Å². The number of piperidine rings is 1. The van der Waals surface area contributed by atoms with Gasteiger partial charge < -0.3 is 39.2 Å². The van der Waals surface area contributed by atoms with Crippen molar-refractivity contribution in [3.05, 3.63) is 23.3 Å². The minimum absolute atomic E-state index is 0.0883. The highest BCUT2D eigenvalue weighted by atomic mass is 16.7. The number of Topliss-reactive ketones (excluding diaryl/α,β-unsaturated/α-hetero) is 2. The molecule has 0 radical (unpaired) electrons. The van der Waals surface area contributed by atoms with Gasteiger partial charge >= 0.3 is 5.97 Å². The number of ether oxygens (including phenoxy) is 4. The van der Waals surface area contributed by atoms with Crippen LogP contribution in [-0.4, -0.2) is 113 Å². The molecule has 1 unspecified atom stereocenters. The molecule has 12 heteroatoms. The topological polar surface area (TPSA) is 169 Å². The van der Waals surface area contributed by atoms with E-state index in [1.807, 2.05) is 39.8 Å². The summed E-state index contributed by atoms with van der Waals surface area (Å²) in [4.78, 5) is 57.8.